The van der Waals surface area contributed by atoms with E-state index in [-0.39, 0.29) is 12.5 Å². The first-order valence-electron chi connectivity index (χ1n) is 6.53. The minimum atomic E-state index is -0.132. The molecule has 0 heterocycles. The Morgan fingerprint density at radius 3 is 2.67 bits per heavy atom. The fourth-order valence-corrected chi connectivity index (χ4v) is 2.51. The molecule has 0 aliphatic heterocycles. The SMILES string of the molecule is COc1ccccc1NC(=O)CNc1ccc(C)cc1Br. The van der Waals surface area contributed by atoms with E-state index < -0.39 is 0 Å². The molecule has 2 aromatic carbocycles. The van der Waals surface area contributed by atoms with Crippen LogP contribution in [-0.2, 0) is 4.79 Å². The maximum absolute atomic E-state index is 12.0. The number of carbonyl (C=O) groups excluding carboxylic acids is 1. The number of halogens is 1. The largest absolute Gasteiger partial charge is 0.495 e. The molecule has 0 fully saturated rings. The van der Waals surface area contributed by atoms with Crippen LogP contribution >= 0.6 is 15.9 Å². The number of hydrogen-bond donors (Lipinski definition) is 2. The molecule has 0 aliphatic rings. The summed E-state index contributed by atoms with van der Waals surface area (Å²) in [6, 6.07) is 13.2. The third-order valence-corrected chi connectivity index (χ3v) is 3.60. The minimum absolute atomic E-state index is 0.132. The summed E-state index contributed by atoms with van der Waals surface area (Å²) in [6.45, 7) is 2.20. The molecule has 0 spiro atoms. The average molecular weight is 349 g/mol. The molecule has 2 N–H and O–H groups in total. The van der Waals surface area contributed by atoms with Gasteiger partial charge < -0.3 is 15.4 Å². The Labute approximate surface area is 132 Å². The van der Waals surface area contributed by atoms with Crippen molar-refractivity contribution in [2.75, 3.05) is 24.3 Å². The van der Waals surface area contributed by atoms with Crippen molar-refractivity contribution in [3.05, 3.63) is 52.5 Å². The second-order valence-electron chi connectivity index (χ2n) is 4.59. The molecule has 1 amide bonds. The van der Waals surface area contributed by atoms with Crippen LogP contribution in [0.5, 0.6) is 5.75 Å². The summed E-state index contributed by atoms with van der Waals surface area (Å²) in [5.74, 6) is 0.509. The molecule has 2 rings (SSSR count). The number of anilines is 2. The van der Waals surface area contributed by atoms with E-state index in [2.05, 4.69) is 26.6 Å². The van der Waals surface area contributed by atoms with E-state index in [1.165, 1.54) is 0 Å². The maximum atomic E-state index is 12.0. The van der Waals surface area contributed by atoms with E-state index in [9.17, 15) is 4.79 Å². The molecule has 2 aromatic rings. The summed E-state index contributed by atoms with van der Waals surface area (Å²) in [5, 5.41) is 5.92. The highest BCUT2D eigenvalue weighted by molar-refractivity contribution is 9.10. The van der Waals surface area contributed by atoms with Crippen molar-refractivity contribution in [1.29, 1.82) is 0 Å². The molecule has 110 valence electrons. The highest BCUT2D eigenvalue weighted by Gasteiger charge is 2.07. The van der Waals surface area contributed by atoms with Gasteiger partial charge in [0.25, 0.3) is 0 Å². The third-order valence-electron chi connectivity index (χ3n) is 2.95. The van der Waals surface area contributed by atoms with E-state index in [0.717, 1.165) is 15.7 Å². The number of benzene rings is 2. The van der Waals surface area contributed by atoms with Crippen LogP contribution in [0, 0.1) is 6.92 Å². The zero-order valence-corrected chi connectivity index (χ0v) is 13.5. The van der Waals surface area contributed by atoms with E-state index in [1.54, 1.807) is 19.2 Å². The molecule has 21 heavy (non-hydrogen) atoms. The highest BCUT2D eigenvalue weighted by atomic mass is 79.9. The van der Waals surface area contributed by atoms with Crippen molar-refractivity contribution in [3.63, 3.8) is 0 Å². The monoisotopic (exact) mass is 348 g/mol. The summed E-state index contributed by atoms with van der Waals surface area (Å²) >= 11 is 3.47. The molecule has 0 aromatic heterocycles. The van der Waals surface area contributed by atoms with Gasteiger partial charge in [-0.25, -0.2) is 0 Å². The molecular weight excluding hydrogens is 332 g/mol. The summed E-state index contributed by atoms with van der Waals surface area (Å²) in [4.78, 5) is 12.0. The van der Waals surface area contributed by atoms with Crippen molar-refractivity contribution in [2.24, 2.45) is 0 Å². The predicted octanol–water partition coefficient (Wildman–Crippen LogP) is 3.82. The summed E-state index contributed by atoms with van der Waals surface area (Å²) in [5.41, 5.74) is 2.71. The zero-order valence-electron chi connectivity index (χ0n) is 11.9. The molecule has 0 unspecified atom stereocenters. The topological polar surface area (TPSA) is 50.4 Å². The zero-order chi connectivity index (χ0) is 15.2. The first kappa shape index (κ1) is 15.4. The van der Waals surface area contributed by atoms with Crippen molar-refractivity contribution in [1.82, 2.24) is 0 Å². The molecular formula is C16H17BrN2O2. The van der Waals surface area contributed by atoms with Gasteiger partial charge in [-0.1, -0.05) is 18.2 Å². The smallest absolute Gasteiger partial charge is 0.243 e. The van der Waals surface area contributed by atoms with E-state index >= 15 is 0 Å². The first-order chi connectivity index (χ1) is 10.1. The lowest BCUT2D eigenvalue weighted by atomic mass is 10.2. The Hall–Kier alpha value is -2.01. The van der Waals surface area contributed by atoms with E-state index in [0.29, 0.717) is 11.4 Å². The molecule has 4 nitrogen and oxygen atoms in total. The van der Waals surface area contributed by atoms with Gasteiger partial charge in [0, 0.05) is 10.2 Å². The van der Waals surface area contributed by atoms with Crippen molar-refractivity contribution < 1.29 is 9.53 Å². The quantitative estimate of drug-likeness (QED) is 0.863. The highest BCUT2D eigenvalue weighted by Crippen LogP contribution is 2.24. The predicted molar refractivity (Wildman–Crippen MR) is 89.0 cm³/mol. The van der Waals surface area contributed by atoms with Gasteiger partial charge in [0.15, 0.2) is 0 Å². The normalized spacial score (nSPS) is 10.0. The lowest BCUT2D eigenvalue weighted by Crippen LogP contribution is -2.22. The fraction of sp³-hybridized carbons (Fsp3) is 0.188. The van der Waals surface area contributed by atoms with Gasteiger partial charge in [-0.05, 0) is 52.7 Å². The van der Waals surface area contributed by atoms with Crippen LogP contribution in [0.15, 0.2) is 46.9 Å². The maximum Gasteiger partial charge on any atom is 0.243 e. The fourth-order valence-electron chi connectivity index (χ4n) is 1.88. The van der Waals surface area contributed by atoms with Crippen LogP contribution < -0.4 is 15.4 Å². The molecule has 0 saturated carbocycles. The van der Waals surface area contributed by atoms with Crippen molar-refractivity contribution >= 4 is 33.2 Å². The third kappa shape index (κ3) is 4.23. The van der Waals surface area contributed by atoms with Gasteiger partial charge in [0.2, 0.25) is 5.91 Å². The van der Waals surface area contributed by atoms with Crippen molar-refractivity contribution in [2.45, 2.75) is 6.92 Å². The second kappa shape index (κ2) is 7.13. The number of aryl methyl sites for hydroxylation is 1. The second-order valence-corrected chi connectivity index (χ2v) is 5.44. The number of nitrogens with one attached hydrogen (secondary N) is 2. The van der Waals surface area contributed by atoms with Crippen LogP contribution in [0.1, 0.15) is 5.56 Å². The molecule has 0 atom stereocenters. The molecule has 5 heteroatoms. The molecule has 0 bridgehead atoms. The summed E-state index contributed by atoms with van der Waals surface area (Å²) in [6.07, 6.45) is 0. The molecule has 0 radical (unpaired) electrons. The lowest BCUT2D eigenvalue weighted by molar-refractivity contribution is -0.114. The number of amides is 1. The number of rotatable bonds is 5. The first-order valence-corrected chi connectivity index (χ1v) is 7.32. The number of carbonyl (C=O) groups is 1. The van der Waals surface area contributed by atoms with Gasteiger partial charge in [-0.15, -0.1) is 0 Å². The Morgan fingerprint density at radius 1 is 1.19 bits per heavy atom. The van der Waals surface area contributed by atoms with Gasteiger partial charge in [0.1, 0.15) is 5.75 Å². The minimum Gasteiger partial charge on any atom is -0.495 e. The van der Waals surface area contributed by atoms with Crippen molar-refractivity contribution in [3.8, 4) is 5.75 Å². The van der Waals surface area contributed by atoms with E-state index in [1.807, 2.05) is 37.3 Å². The lowest BCUT2D eigenvalue weighted by Gasteiger charge is -2.12. The van der Waals surface area contributed by atoms with Crippen LogP contribution in [-0.4, -0.2) is 19.6 Å². The number of hydrogen-bond acceptors (Lipinski definition) is 3. The molecule has 0 saturated heterocycles. The Bertz CT molecular complexity index is 644. The number of para-hydroxylation sites is 2. The van der Waals surface area contributed by atoms with Crippen LogP contribution in [0.4, 0.5) is 11.4 Å². The Balaban J connectivity index is 1.96. The Morgan fingerprint density at radius 2 is 1.95 bits per heavy atom. The Kier molecular flexibility index (Phi) is 5.22. The van der Waals surface area contributed by atoms with Crippen LogP contribution in [0.2, 0.25) is 0 Å². The number of methoxy groups -OCH3 is 1. The van der Waals surface area contributed by atoms with Gasteiger partial charge >= 0.3 is 0 Å². The standard InChI is InChI=1S/C16H17BrN2O2/c1-11-7-8-13(12(17)9-11)18-10-16(20)19-14-5-3-4-6-15(14)21-2/h3-9,18H,10H2,1-2H3,(H,19,20). The summed E-state index contributed by atoms with van der Waals surface area (Å²) < 4.78 is 6.14. The van der Waals surface area contributed by atoms with Gasteiger partial charge in [-0.3, -0.25) is 4.79 Å². The summed E-state index contributed by atoms with van der Waals surface area (Å²) in [7, 11) is 1.58. The van der Waals surface area contributed by atoms with Gasteiger partial charge in [0.05, 0.1) is 19.3 Å². The van der Waals surface area contributed by atoms with Crippen LogP contribution in [0.25, 0.3) is 0 Å². The number of ether oxygens (including phenoxy) is 1. The average Bonchev–Trinajstić information content (AvgIpc) is 2.47. The molecule has 0 aliphatic carbocycles. The van der Waals surface area contributed by atoms with Crippen LogP contribution in [0.3, 0.4) is 0 Å². The van der Waals surface area contributed by atoms with E-state index in [4.69, 9.17) is 4.74 Å². The van der Waals surface area contributed by atoms with Gasteiger partial charge in [-0.2, -0.15) is 0 Å².